The van der Waals surface area contributed by atoms with Crippen LogP contribution in [-0.4, -0.2) is 38.4 Å². The third kappa shape index (κ3) is 3.49. The summed E-state index contributed by atoms with van der Waals surface area (Å²) >= 11 is 0. The van der Waals surface area contributed by atoms with E-state index in [2.05, 4.69) is 4.99 Å². The van der Waals surface area contributed by atoms with Gasteiger partial charge in [-0.25, -0.2) is 13.6 Å². The number of hydrogen-bond donors (Lipinski definition) is 1. The monoisotopic (exact) mass is 189 g/mol. The standard InChI is InChI=1S/C6H11N3O2S/c7-12(10,11)6-5-9-3-1-8-2-4-9/h1-3H,4-6H2,(H2,7,10,11). The second-order valence-electron chi connectivity index (χ2n) is 2.49. The van der Waals surface area contributed by atoms with E-state index in [1.165, 1.54) is 0 Å². The number of sulfonamides is 1. The van der Waals surface area contributed by atoms with Crippen molar-refractivity contribution in [1.29, 1.82) is 0 Å². The van der Waals surface area contributed by atoms with Gasteiger partial charge in [-0.1, -0.05) is 0 Å². The van der Waals surface area contributed by atoms with Gasteiger partial charge in [-0.15, -0.1) is 0 Å². The van der Waals surface area contributed by atoms with Crippen LogP contribution in [0, 0.1) is 0 Å². The summed E-state index contributed by atoms with van der Waals surface area (Å²) < 4.78 is 21.1. The minimum Gasteiger partial charge on any atom is -0.370 e. The zero-order valence-corrected chi connectivity index (χ0v) is 7.37. The summed E-state index contributed by atoms with van der Waals surface area (Å²) in [4.78, 5) is 5.67. The summed E-state index contributed by atoms with van der Waals surface area (Å²) in [6, 6.07) is 0. The molecule has 0 fully saturated rings. The second kappa shape index (κ2) is 3.68. The highest BCUT2D eigenvalue weighted by atomic mass is 32.2. The Labute approximate surface area is 71.6 Å². The van der Waals surface area contributed by atoms with Crippen LogP contribution in [0.4, 0.5) is 0 Å². The Morgan fingerprint density at radius 3 is 2.83 bits per heavy atom. The molecule has 6 heteroatoms. The Morgan fingerprint density at radius 1 is 1.58 bits per heavy atom. The Morgan fingerprint density at radius 2 is 2.33 bits per heavy atom. The van der Waals surface area contributed by atoms with Crippen molar-refractivity contribution in [2.75, 3.05) is 18.8 Å². The molecule has 0 saturated heterocycles. The van der Waals surface area contributed by atoms with Crippen LogP contribution in [-0.2, 0) is 10.0 Å². The highest BCUT2D eigenvalue weighted by molar-refractivity contribution is 7.89. The smallest absolute Gasteiger partial charge is 0.210 e. The van der Waals surface area contributed by atoms with E-state index in [1.807, 2.05) is 4.90 Å². The molecule has 0 saturated carbocycles. The van der Waals surface area contributed by atoms with Crippen molar-refractivity contribution >= 4 is 16.2 Å². The zero-order chi connectivity index (χ0) is 9.03. The van der Waals surface area contributed by atoms with Crippen molar-refractivity contribution in [2.24, 2.45) is 10.1 Å². The van der Waals surface area contributed by atoms with Crippen LogP contribution in [0.25, 0.3) is 0 Å². The van der Waals surface area contributed by atoms with Gasteiger partial charge in [0.15, 0.2) is 0 Å². The summed E-state index contributed by atoms with van der Waals surface area (Å²) in [6.07, 6.45) is 5.07. The second-order valence-corrected chi connectivity index (χ2v) is 4.23. The molecule has 0 radical (unpaired) electrons. The van der Waals surface area contributed by atoms with E-state index < -0.39 is 10.0 Å². The van der Waals surface area contributed by atoms with Crippen molar-refractivity contribution < 1.29 is 8.42 Å². The van der Waals surface area contributed by atoms with Crippen LogP contribution >= 0.6 is 0 Å². The minimum atomic E-state index is -3.34. The lowest BCUT2D eigenvalue weighted by molar-refractivity contribution is 0.448. The Kier molecular flexibility index (Phi) is 2.83. The van der Waals surface area contributed by atoms with Crippen LogP contribution in [0.15, 0.2) is 17.4 Å². The molecule has 2 N–H and O–H groups in total. The fourth-order valence-electron chi connectivity index (χ4n) is 0.817. The molecule has 0 spiro atoms. The normalized spacial score (nSPS) is 16.9. The van der Waals surface area contributed by atoms with Gasteiger partial charge in [0.1, 0.15) is 0 Å². The number of nitrogens with zero attached hydrogens (tertiary/aromatic N) is 2. The summed E-state index contributed by atoms with van der Waals surface area (Å²) in [6.45, 7) is 1.06. The lowest BCUT2D eigenvalue weighted by Crippen LogP contribution is -2.30. The van der Waals surface area contributed by atoms with Gasteiger partial charge in [-0.05, 0) is 0 Å². The largest absolute Gasteiger partial charge is 0.370 e. The van der Waals surface area contributed by atoms with Crippen molar-refractivity contribution in [1.82, 2.24) is 4.90 Å². The predicted molar refractivity (Wildman–Crippen MR) is 47.2 cm³/mol. The molecule has 0 aromatic carbocycles. The van der Waals surface area contributed by atoms with Crippen molar-refractivity contribution in [2.45, 2.75) is 0 Å². The molecule has 0 aromatic rings. The fourth-order valence-corrected chi connectivity index (χ4v) is 1.31. The molecule has 1 heterocycles. The average molecular weight is 189 g/mol. The van der Waals surface area contributed by atoms with Gasteiger partial charge >= 0.3 is 0 Å². The van der Waals surface area contributed by atoms with E-state index in [-0.39, 0.29) is 5.75 Å². The first-order chi connectivity index (χ1) is 5.58. The van der Waals surface area contributed by atoms with Gasteiger partial charge in [0, 0.05) is 25.2 Å². The topological polar surface area (TPSA) is 75.8 Å². The molecule has 1 aliphatic heterocycles. The van der Waals surface area contributed by atoms with Crippen LogP contribution in [0.5, 0.6) is 0 Å². The minimum absolute atomic E-state index is 0.0226. The number of hydrogen-bond acceptors (Lipinski definition) is 4. The number of primary sulfonamides is 1. The molecule has 0 amide bonds. The highest BCUT2D eigenvalue weighted by Gasteiger charge is 2.06. The first-order valence-electron chi connectivity index (χ1n) is 3.51. The molecular weight excluding hydrogens is 178 g/mol. The van der Waals surface area contributed by atoms with Gasteiger partial charge < -0.3 is 4.90 Å². The Balaban J connectivity index is 2.34. The number of nitrogens with two attached hydrogens (primary N) is 1. The number of aliphatic imine (C=N–C) groups is 1. The third-order valence-corrected chi connectivity index (χ3v) is 2.20. The lowest BCUT2D eigenvalue weighted by atomic mass is 10.5. The Bertz CT molecular complexity index is 294. The molecule has 1 rings (SSSR count). The van der Waals surface area contributed by atoms with E-state index in [1.54, 1.807) is 18.6 Å². The zero-order valence-electron chi connectivity index (χ0n) is 6.55. The molecular formula is C6H11N3O2S. The van der Waals surface area contributed by atoms with Crippen LogP contribution < -0.4 is 5.14 Å². The fraction of sp³-hybridized carbons (Fsp3) is 0.500. The molecule has 68 valence electrons. The summed E-state index contributed by atoms with van der Waals surface area (Å²) in [5.41, 5.74) is 0. The van der Waals surface area contributed by atoms with Crippen molar-refractivity contribution in [3.05, 3.63) is 12.4 Å². The summed E-state index contributed by atoms with van der Waals surface area (Å²) in [5, 5.41) is 4.84. The van der Waals surface area contributed by atoms with E-state index in [9.17, 15) is 8.42 Å². The van der Waals surface area contributed by atoms with Crippen molar-refractivity contribution in [3.8, 4) is 0 Å². The summed E-state index contributed by atoms with van der Waals surface area (Å²) in [7, 11) is -3.34. The van der Waals surface area contributed by atoms with E-state index >= 15 is 0 Å². The van der Waals surface area contributed by atoms with Crippen molar-refractivity contribution in [3.63, 3.8) is 0 Å². The molecule has 12 heavy (non-hydrogen) atoms. The Hall–Kier alpha value is -0.880. The van der Waals surface area contributed by atoms with Gasteiger partial charge in [0.25, 0.3) is 0 Å². The molecule has 5 nitrogen and oxygen atoms in total. The summed E-state index contributed by atoms with van der Waals surface area (Å²) in [5.74, 6) is -0.0226. The van der Waals surface area contributed by atoms with Gasteiger partial charge in [-0.2, -0.15) is 0 Å². The third-order valence-electron chi connectivity index (χ3n) is 1.45. The first kappa shape index (κ1) is 9.21. The highest BCUT2D eigenvalue weighted by Crippen LogP contribution is 1.94. The van der Waals surface area contributed by atoms with Gasteiger partial charge in [0.05, 0.1) is 12.3 Å². The van der Waals surface area contributed by atoms with E-state index in [0.29, 0.717) is 13.1 Å². The van der Waals surface area contributed by atoms with Crippen LogP contribution in [0.1, 0.15) is 0 Å². The molecule has 0 aliphatic carbocycles. The maximum atomic E-state index is 10.6. The molecule has 1 aliphatic rings. The molecule has 0 unspecified atom stereocenters. The maximum absolute atomic E-state index is 10.6. The van der Waals surface area contributed by atoms with Crippen LogP contribution in [0.3, 0.4) is 0 Å². The molecule has 0 atom stereocenters. The van der Waals surface area contributed by atoms with Crippen LogP contribution in [0.2, 0.25) is 0 Å². The van der Waals surface area contributed by atoms with Gasteiger partial charge in [0.2, 0.25) is 10.0 Å². The molecule has 0 bridgehead atoms. The quantitative estimate of drug-likeness (QED) is 0.627. The maximum Gasteiger partial charge on any atom is 0.210 e. The predicted octanol–water partition coefficient (Wildman–Crippen LogP) is -0.867. The van der Waals surface area contributed by atoms with Gasteiger partial charge in [-0.3, -0.25) is 4.99 Å². The lowest BCUT2D eigenvalue weighted by Gasteiger charge is -2.18. The van der Waals surface area contributed by atoms with E-state index in [4.69, 9.17) is 5.14 Å². The average Bonchev–Trinajstić information content (AvgIpc) is 2.02. The first-order valence-corrected chi connectivity index (χ1v) is 5.22. The number of rotatable bonds is 3. The SMILES string of the molecule is NS(=O)(=O)CCN1C=CN=CC1. The van der Waals surface area contributed by atoms with E-state index in [0.717, 1.165) is 0 Å². The molecule has 0 aromatic heterocycles.